The molecule has 6 heteroatoms. The van der Waals surface area contributed by atoms with Crippen LogP contribution in [0.3, 0.4) is 0 Å². The number of anilines is 1. The molecule has 1 N–H and O–H groups in total. The van der Waals surface area contributed by atoms with Crippen LogP contribution in [-0.2, 0) is 9.59 Å². The molecule has 0 saturated carbocycles. The predicted octanol–water partition coefficient (Wildman–Crippen LogP) is 3.34. The number of carboxylic acids is 1. The van der Waals surface area contributed by atoms with Crippen LogP contribution in [0.1, 0.15) is 19.4 Å². The van der Waals surface area contributed by atoms with Crippen molar-refractivity contribution >= 4 is 29.4 Å². The number of ether oxygens (including phenoxy) is 1. The minimum atomic E-state index is -1.03. The fourth-order valence-corrected chi connectivity index (χ4v) is 2.49. The molecule has 6 nitrogen and oxygen atoms in total. The van der Waals surface area contributed by atoms with Crippen LogP contribution in [0.2, 0.25) is 0 Å². The van der Waals surface area contributed by atoms with E-state index in [1.54, 1.807) is 37.3 Å². The highest BCUT2D eigenvalue weighted by atomic mass is 16.5. The fourth-order valence-electron chi connectivity index (χ4n) is 2.49. The highest BCUT2D eigenvalue weighted by Gasteiger charge is 2.28. The van der Waals surface area contributed by atoms with E-state index in [2.05, 4.69) is 5.10 Å². The summed E-state index contributed by atoms with van der Waals surface area (Å²) in [5.74, 6) is -0.759. The monoisotopic (exact) mass is 350 g/mol. The van der Waals surface area contributed by atoms with Crippen LogP contribution in [0.5, 0.6) is 5.75 Å². The number of carbonyl (C=O) groups is 2. The SMILES string of the molecule is CC1=NN(c2ccccc2)C(=O)/C1=C/c1ccc(O[C@@H](C)C(=O)O)cc1. The highest BCUT2D eigenvalue weighted by Crippen LogP contribution is 2.25. The van der Waals surface area contributed by atoms with Gasteiger partial charge in [-0.15, -0.1) is 0 Å². The van der Waals surface area contributed by atoms with Gasteiger partial charge in [0.25, 0.3) is 5.91 Å². The van der Waals surface area contributed by atoms with Crippen LogP contribution >= 0.6 is 0 Å². The first-order valence-corrected chi connectivity index (χ1v) is 8.12. The molecule has 26 heavy (non-hydrogen) atoms. The van der Waals surface area contributed by atoms with E-state index < -0.39 is 12.1 Å². The van der Waals surface area contributed by atoms with Crippen molar-refractivity contribution in [3.05, 3.63) is 65.7 Å². The molecule has 0 aromatic heterocycles. The summed E-state index contributed by atoms with van der Waals surface area (Å²) in [7, 11) is 0. The Hall–Kier alpha value is -3.41. The topological polar surface area (TPSA) is 79.2 Å². The van der Waals surface area contributed by atoms with Crippen molar-refractivity contribution in [1.29, 1.82) is 0 Å². The van der Waals surface area contributed by atoms with Crippen molar-refractivity contribution in [2.24, 2.45) is 5.10 Å². The van der Waals surface area contributed by atoms with E-state index in [0.29, 0.717) is 22.7 Å². The Balaban J connectivity index is 1.79. The van der Waals surface area contributed by atoms with Gasteiger partial charge in [0.2, 0.25) is 0 Å². The summed E-state index contributed by atoms with van der Waals surface area (Å²) in [4.78, 5) is 23.5. The van der Waals surface area contributed by atoms with Gasteiger partial charge in [-0.1, -0.05) is 30.3 Å². The molecule has 2 aromatic rings. The number of carbonyl (C=O) groups excluding carboxylic acids is 1. The Morgan fingerprint density at radius 3 is 2.42 bits per heavy atom. The number of aliphatic carboxylic acids is 1. The number of rotatable bonds is 5. The Morgan fingerprint density at radius 1 is 1.15 bits per heavy atom. The fraction of sp³-hybridized carbons (Fsp3) is 0.150. The van der Waals surface area contributed by atoms with E-state index in [0.717, 1.165) is 5.56 Å². The normalized spacial score (nSPS) is 16.5. The Kier molecular flexibility index (Phi) is 4.84. The van der Waals surface area contributed by atoms with E-state index in [1.807, 2.05) is 30.3 Å². The van der Waals surface area contributed by atoms with Gasteiger partial charge in [-0.2, -0.15) is 10.1 Å². The molecule has 0 bridgehead atoms. The number of para-hydroxylation sites is 1. The van der Waals surface area contributed by atoms with E-state index in [9.17, 15) is 9.59 Å². The van der Waals surface area contributed by atoms with E-state index in [4.69, 9.17) is 9.84 Å². The molecular formula is C20H18N2O4. The Labute approximate surface area is 151 Å². The number of hydrogen-bond acceptors (Lipinski definition) is 4. The number of hydrazone groups is 1. The van der Waals surface area contributed by atoms with Gasteiger partial charge >= 0.3 is 5.97 Å². The third-order valence-corrected chi connectivity index (χ3v) is 3.92. The van der Waals surface area contributed by atoms with Crippen molar-refractivity contribution in [2.45, 2.75) is 20.0 Å². The van der Waals surface area contributed by atoms with E-state index in [1.165, 1.54) is 11.9 Å². The lowest BCUT2D eigenvalue weighted by Crippen LogP contribution is -2.22. The summed E-state index contributed by atoms with van der Waals surface area (Å²) >= 11 is 0. The number of nitrogens with zero attached hydrogens (tertiary/aromatic N) is 2. The Bertz CT molecular complexity index is 886. The molecule has 3 rings (SSSR count). The van der Waals surface area contributed by atoms with Gasteiger partial charge in [0.1, 0.15) is 5.75 Å². The van der Waals surface area contributed by atoms with Crippen LogP contribution < -0.4 is 9.75 Å². The summed E-state index contributed by atoms with van der Waals surface area (Å²) < 4.78 is 5.30. The number of amides is 1. The zero-order valence-electron chi connectivity index (χ0n) is 14.4. The summed E-state index contributed by atoms with van der Waals surface area (Å²) in [6.45, 7) is 3.26. The Morgan fingerprint density at radius 2 is 1.81 bits per heavy atom. The van der Waals surface area contributed by atoms with Crippen LogP contribution in [0.15, 0.2) is 65.3 Å². The second kappa shape index (κ2) is 7.23. The largest absolute Gasteiger partial charge is 0.479 e. The lowest BCUT2D eigenvalue weighted by Gasteiger charge is -2.11. The second-order valence-electron chi connectivity index (χ2n) is 5.86. The molecule has 1 atom stereocenters. The maximum atomic E-state index is 12.7. The van der Waals surface area contributed by atoms with Gasteiger partial charge in [-0.3, -0.25) is 4.79 Å². The molecule has 0 unspecified atom stereocenters. The maximum absolute atomic E-state index is 12.7. The lowest BCUT2D eigenvalue weighted by molar-refractivity contribution is -0.144. The highest BCUT2D eigenvalue weighted by molar-refractivity contribution is 6.32. The standard InChI is InChI=1S/C20H18N2O4/c1-13-18(19(23)22(21-13)16-6-4-3-5-7-16)12-15-8-10-17(11-9-15)26-14(2)20(24)25/h3-12,14H,1-2H3,(H,24,25)/b18-12+/t14-/m0/s1. The molecule has 0 spiro atoms. The molecule has 0 radical (unpaired) electrons. The van der Waals surface area contributed by atoms with Gasteiger partial charge in [-0.25, -0.2) is 4.79 Å². The van der Waals surface area contributed by atoms with Crippen LogP contribution in [0.25, 0.3) is 6.08 Å². The third kappa shape index (κ3) is 3.64. The van der Waals surface area contributed by atoms with Crippen molar-refractivity contribution in [1.82, 2.24) is 0 Å². The molecule has 1 aliphatic rings. The smallest absolute Gasteiger partial charge is 0.344 e. The second-order valence-corrected chi connectivity index (χ2v) is 5.86. The lowest BCUT2D eigenvalue weighted by atomic mass is 10.1. The summed E-state index contributed by atoms with van der Waals surface area (Å²) in [6.07, 6.45) is 0.832. The van der Waals surface area contributed by atoms with Crippen molar-refractivity contribution in [2.75, 3.05) is 5.01 Å². The number of carboxylic acid groups (broad SMARTS) is 1. The summed E-state index contributed by atoms with van der Waals surface area (Å²) in [6, 6.07) is 16.1. The minimum Gasteiger partial charge on any atom is -0.479 e. The summed E-state index contributed by atoms with van der Waals surface area (Å²) in [5, 5.41) is 14.6. The van der Waals surface area contributed by atoms with Crippen LogP contribution in [0.4, 0.5) is 5.69 Å². The van der Waals surface area contributed by atoms with Crippen LogP contribution in [-0.4, -0.2) is 28.8 Å². The van der Waals surface area contributed by atoms with E-state index >= 15 is 0 Å². The molecule has 132 valence electrons. The zero-order valence-corrected chi connectivity index (χ0v) is 14.4. The first kappa shape index (κ1) is 17.4. The quantitative estimate of drug-likeness (QED) is 0.839. The van der Waals surface area contributed by atoms with Crippen molar-refractivity contribution < 1.29 is 19.4 Å². The average Bonchev–Trinajstić information content (AvgIpc) is 2.92. The van der Waals surface area contributed by atoms with E-state index in [-0.39, 0.29) is 5.91 Å². The summed E-state index contributed by atoms with van der Waals surface area (Å²) in [5.41, 5.74) is 2.67. The van der Waals surface area contributed by atoms with Crippen molar-refractivity contribution in [3.8, 4) is 5.75 Å². The first-order chi connectivity index (χ1) is 12.5. The molecule has 0 fully saturated rings. The van der Waals surface area contributed by atoms with Crippen molar-refractivity contribution in [3.63, 3.8) is 0 Å². The molecule has 1 aliphatic heterocycles. The molecule has 2 aromatic carbocycles. The van der Waals surface area contributed by atoms with Gasteiger partial charge in [0, 0.05) is 0 Å². The predicted molar refractivity (Wildman–Crippen MR) is 99.2 cm³/mol. The number of hydrogen-bond donors (Lipinski definition) is 1. The van der Waals surface area contributed by atoms with Gasteiger partial charge in [0.15, 0.2) is 6.10 Å². The molecule has 0 aliphatic carbocycles. The maximum Gasteiger partial charge on any atom is 0.344 e. The molecular weight excluding hydrogens is 332 g/mol. The first-order valence-electron chi connectivity index (χ1n) is 8.12. The van der Waals surface area contributed by atoms with Gasteiger partial charge < -0.3 is 9.84 Å². The van der Waals surface area contributed by atoms with Crippen LogP contribution in [0, 0.1) is 0 Å². The van der Waals surface area contributed by atoms with Gasteiger partial charge in [0.05, 0.1) is 17.0 Å². The number of benzene rings is 2. The minimum absolute atomic E-state index is 0.187. The molecule has 0 saturated heterocycles. The van der Waals surface area contributed by atoms with Gasteiger partial charge in [-0.05, 0) is 49.8 Å². The third-order valence-electron chi connectivity index (χ3n) is 3.92. The zero-order chi connectivity index (χ0) is 18.7. The average molecular weight is 350 g/mol. The molecule has 1 amide bonds. The molecule has 1 heterocycles.